The van der Waals surface area contributed by atoms with Crippen LogP contribution in [0.3, 0.4) is 0 Å². The minimum absolute atomic E-state index is 0.142. The van der Waals surface area contributed by atoms with Gasteiger partial charge >= 0.3 is 0 Å². The largest absolute Gasteiger partial charge is 0.379 e. The Kier molecular flexibility index (Phi) is 6.10. The number of nitrogens with zero attached hydrogens (tertiary/aromatic N) is 2. The number of morpholine rings is 1. The summed E-state index contributed by atoms with van der Waals surface area (Å²) in [6.45, 7) is 4.61. The zero-order valence-corrected chi connectivity index (χ0v) is 17.1. The van der Waals surface area contributed by atoms with Crippen LogP contribution < -0.4 is 10.6 Å². The van der Waals surface area contributed by atoms with Gasteiger partial charge in [0.1, 0.15) is 10.6 Å². The van der Waals surface area contributed by atoms with Gasteiger partial charge in [0.15, 0.2) is 0 Å². The minimum Gasteiger partial charge on any atom is -0.379 e. The topological polar surface area (TPSA) is 99.3 Å². The zero-order chi connectivity index (χ0) is 20.2. The van der Waals surface area contributed by atoms with Gasteiger partial charge in [-0.05, 0) is 30.3 Å². The summed E-state index contributed by atoms with van der Waals surface area (Å²) in [5.41, 5.74) is 0.480. The summed E-state index contributed by atoms with van der Waals surface area (Å²) in [6, 6.07) is 8.34. The molecule has 2 aromatic heterocycles. The van der Waals surface area contributed by atoms with Crippen molar-refractivity contribution in [3.05, 3.63) is 45.8 Å². The van der Waals surface area contributed by atoms with Crippen molar-refractivity contribution in [2.24, 2.45) is 0 Å². The van der Waals surface area contributed by atoms with Crippen molar-refractivity contribution in [2.45, 2.75) is 0 Å². The molecule has 4 rings (SSSR count). The Bertz CT molecular complexity index is 1010. The summed E-state index contributed by atoms with van der Waals surface area (Å²) < 4.78 is 5.32. The van der Waals surface area contributed by atoms with Crippen LogP contribution in [0.5, 0.6) is 0 Å². The van der Waals surface area contributed by atoms with E-state index in [0.717, 1.165) is 32.8 Å². The van der Waals surface area contributed by atoms with Gasteiger partial charge in [-0.15, -0.1) is 11.3 Å². The highest BCUT2D eigenvalue weighted by Crippen LogP contribution is 2.29. The summed E-state index contributed by atoms with van der Waals surface area (Å²) in [5.74, 6) is 0.0368. The predicted molar refractivity (Wildman–Crippen MR) is 113 cm³/mol. The van der Waals surface area contributed by atoms with E-state index in [2.05, 4.69) is 25.7 Å². The molecule has 3 heterocycles. The number of rotatable bonds is 6. The average molecular weight is 434 g/mol. The third-order valence-corrected chi connectivity index (χ3v) is 5.92. The Morgan fingerprint density at radius 2 is 1.97 bits per heavy atom. The maximum absolute atomic E-state index is 12.5. The molecule has 0 radical (unpaired) electrons. The van der Waals surface area contributed by atoms with E-state index in [1.165, 1.54) is 11.3 Å². The summed E-state index contributed by atoms with van der Waals surface area (Å²) in [4.78, 5) is 28.3. The van der Waals surface area contributed by atoms with Crippen LogP contribution in [0, 0.1) is 0 Å². The van der Waals surface area contributed by atoms with Crippen LogP contribution in [-0.2, 0) is 4.74 Å². The number of H-pyrrole nitrogens is 1. The normalized spacial score (nSPS) is 14.8. The van der Waals surface area contributed by atoms with E-state index in [9.17, 15) is 9.59 Å². The molecule has 1 fully saturated rings. The number of ether oxygens (including phenoxy) is 1. The van der Waals surface area contributed by atoms with E-state index in [4.69, 9.17) is 16.3 Å². The fourth-order valence-corrected chi connectivity index (χ4v) is 4.08. The first-order valence-corrected chi connectivity index (χ1v) is 10.4. The molecule has 1 aromatic carbocycles. The van der Waals surface area contributed by atoms with Crippen molar-refractivity contribution < 1.29 is 14.3 Å². The number of nitrogens with one attached hydrogen (secondary N) is 3. The standard InChI is InChI=1S/C19H20ClN5O3S/c20-13-3-1-12(2-4-13)17(26)22-16-14-11-15(29-19(14)24-23-16)18(27)21-5-6-25-7-9-28-10-8-25/h1-4,11H,5-10H2,(H,21,27)(H2,22,23,24,26). The van der Waals surface area contributed by atoms with E-state index in [1.54, 1.807) is 30.3 Å². The van der Waals surface area contributed by atoms with Gasteiger partial charge in [-0.3, -0.25) is 19.6 Å². The van der Waals surface area contributed by atoms with E-state index in [0.29, 0.717) is 38.0 Å². The molecule has 0 spiro atoms. The number of amides is 2. The van der Waals surface area contributed by atoms with Crippen LogP contribution in [0.2, 0.25) is 5.02 Å². The first-order chi connectivity index (χ1) is 14.1. The van der Waals surface area contributed by atoms with E-state index < -0.39 is 0 Å². The Labute approximate surface area is 176 Å². The molecule has 0 aliphatic carbocycles. The summed E-state index contributed by atoms with van der Waals surface area (Å²) in [7, 11) is 0. The predicted octanol–water partition coefficient (Wildman–Crippen LogP) is 2.59. The zero-order valence-electron chi connectivity index (χ0n) is 15.5. The summed E-state index contributed by atoms with van der Waals surface area (Å²) in [6.07, 6.45) is 0. The summed E-state index contributed by atoms with van der Waals surface area (Å²) >= 11 is 7.14. The highest BCUT2D eigenvalue weighted by Gasteiger charge is 2.17. The highest BCUT2D eigenvalue weighted by molar-refractivity contribution is 7.20. The van der Waals surface area contributed by atoms with E-state index in [1.807, 2.05) is 0 Å². The third-order valence-electron chi connectivity index (χ3n) is 4.64. The number of hydrogen-bond acceptors (Lipinski definition) is 6. The molecule has 1 aliphatic heterocycles. The fourth-order valence-electron chi connectivity index (χ4n) is 3.04. The van der Waals surface area contributed by atoms with Gasteiger partial charge in [0.2, 0.25) is 0 Å². The van der Waals surface area contributed by atoms with Crippen LogP contribution in [0.25, 0.3) is 10.2 Å². The van der Waals surface area contributed by atoms with Crippen LogP contribution >= 0.6 is 22.9 Å². The monoisotopic (exact) mass is 433 g/mol. The number of fused-ring (bicyclic) bond motifs is 1. The molecule has 3 aromatic rings. The smallest absolute Gasteiger partial charge is 0.261 e. The molecule has 3 N–H and O–H groups in total. The van der Waals surface area contributed by atoms with Gasteiger partial charge in [0.05, 0.1) is 23.5 Å². The molecule has 1 aliphatic rings. The maximum atomic E-state index is 12.5. The van der Waals surface area contributed by atoms with Gasteiger partial charge in [-0.25, -0.2) is 0 Å². The number of carbonyl (C=O) groups excluding carboxylic acids is 2. The third kappa shape index (κ3) is 4.76. The molecular weight excluding hydrogens is 414 g/mol. The molecule has 0 unspecified atom stereocenters. The van der Waals surface area contributed by atoms with Crippen LogP contribution in [-0.4, -0.2) is 66.3 Å². The average Bonchev–Trinajstić information content (AvgIpc) is 3.31. The van der Waals surface area contributed by atoms with E-state index >= 15 is 0 Å². The van der Waals surface area contributed by atoms with Gasteiger partial charge in [0.25, 0.3) is 11.8 Å². The summed E-state index contributed by atoms with van der Waals surface area (Å²) in [5, 5.41) is 14.0. The van der Waals surface area contributed by atoms with Crippen molar-refractivity contribution in [3.63, 3.8) is 0 Å². The molecule has 0 bridgehead atoms. The highest BCUT2D eigenvalue weighted by atomic mass is 35.5. The van der Waals surface area contributed by atoms with Crippen molar-refractivity contribution in [1.82, 2.24) is 20.4 Å². The Balaban J connectivity index is 1.38. The molecule has 0 saturated carbocycles. The van der Waals surface area contributed by atoms with Crippen LogP contribution in [0.4, 0.5) is 5.82 Å². The second-order valence-electron chi connectivity index (χ2n) is 6.60. The SMILES string of the molecule is O=C(Nc1[nH]nc2sc(C(=O)NCCN3CCOCC3)cc12)c1ccc(Cl)cc1. The molecule has 152 valence electrons. The molecule has 10 heteroatoms. The van der Waals surface area contributed by atoms with Gasteiger partial charge in [-0.2, -0.15) is 5.10 Å². The lowest BCUT2D eigenvalue weighted by Crippen LogP contribution is -2.41. The molecule has 29 heavy (non-hydrogen) atoms. The van der Waals surface area contributed by atoms with Crippen molar-refractivity contribution in [2.75, 3.05) is 44.7 Å². The van der Waals surface area contributed by atoms with Gasteiger partial charge in [0, 0.05) is 36.8 Å². The number of benzene rings is 1. The maximum Gasteiger partial charge on any atom is 0.261 e. The number of aromatic amines is 1. The van der Waals surface area contributed by atoms with Crippen molar-refractivity contribution in [3.8, 4) is 0 Å². The van der Waals surface area contributed by atoms with E-state index in [-0.39, 0.29) is 11.8 Å². The molecule has 0 atom stereocenters. The fraction of sp³-hybridized carbons (Fsp3) is 0.316. The Morgan fingerprint density at radius 1 is 1.21 bits per heavy atom. The number of halogens is 1. The number of anilines is 1. The lowest BCUT2D eigenvalue weighted by molar-refractivity contribution is 0.0383. The van der Waals surface area contributed by atoms with Gasteiger partial charge in [-0.1, -0.05) is 11.6 Å². The van der Waals surface area contributed by atoms with Crippen LogP contribution in [0.1, 0.15) is 20.0 Å². The van der Waals surface area contributed by atoms with Crippen molar-refractivity contribution in [1.29, 1.82) is 0 Å². The minimum atomic E-state index is -0.282. The first-order valence-electron chi connectivity index (χ1n) is 9.23. The number of aromatic nitrogens is 2. The quantitative estimate of drug-likeness (QED) is 0.555. The lowest BCUT2D eigenvalue weighted by Gasteiger charge is -2.26. The number of carbonyl (C=O) groups is 2. The number of hydrogen-bond donors (Lipinski definition) is 3. The van der Waals surface area contributed by atoms with Crippen LogP contribution in [0.15, 0.2) is 30.3 Å². The second kappa shape index (κ2) is 8.91. The molecule has 1 saturated heterocycles. The first kappa shape index (κ1) is 19.8. The Hall–Kier alpha value is -2.46. The van der Waals surface area contributed by atoms with Crippen molar-refractivity contribution >= 4 is 50.8 Å². The lowest BCUT2D eigenvalue weighted by atomic mass is 10.2. The van der Waals surface area contributed by atoms with Gasteiger partial charge < -0.3 is 15.4 Å². The molecule has 8 nitrogen and oxygen atoms in total. The number of thiophene rings is 1. The molecular formula is C19H20ClN5O3S. The molecule has 2 amide bonds. The Morgan fingerprint density at radius 3 is 2.72 bits per heavy atom. The second-order valence-corrected chi connectivity index (χ2v) is 8.07.